The maximum atomic E-state index is 14.1. The van der Waals surface area contributed by atoms with Gasteiger partial charge in [0.2, 0.25) is 5.95 Å². The van der Waals surface area contributed by atoms with Gasteiger partial charge in [-0.25, -0.2) is 18.2 Å². The van der Waals surface area contributed by atoms with Gasteiger partial charge >= 0.3 is 0 Å². The van der Waals surface area contributed by atoms with Gasteiger partial charge in [0.1, 0.15) is 17.8 Å². The third-order valence-electron chi connectivity index (χ3n) is 7.63. The van der Waals surface area contributed by atoms with Gasteiger partial charge in [0.25, 0.3) is 6.43 Å². The predicted molar refractivity (Wildman–Crippen MR) is 142 cm³/mol. The lowest BCUT2D eigenvalue weighted by Crippen LogP contribution is -2.43. The largest absolute Gasteiger partial charge is 0.378 e. The molecule has 11 heteroatoms. The third-order valence-corrected chi connectivity index (χ3v) is 7.63. The van der Waals surface area contributed by atoms with E-state index in [4.69, 9.17) is 9.72 Å². The molecule has 2 fully saturated rings. The summed E-state index contributed by atoms with van der Waals surface area (Å²) >= 11 is 0. The molecule has 38 heavy (non-hydrogen) atoms. The Labute approximate surface area is 221 Å². The lowest BCUT2D eigenvalue weighted by Gasteiger charge is -2.32. The van der Waals surface area contributed by atoms with Crippen LogP contribution in [0.1, 0.15) is 51.8 Å². The summed E-state index contributed by atoms with van der Waals surface area (Å²) in [6.07, 6.45) is 0.362. The summed E-state index contributed by atoms with van der Waals surface area (Å²) in [6, 6.07) is 9.01. The second kappa shape index (κ2) is 11.9. The second-order valence-electron chi connectivity index (χ2n) is 10.3. The molecule has 1 aliphatic heterocycles. The Hall–Kier alpha value is -2.92. The van der Waals surface area contributed by atoms with E-state index in [1.165, 1.54) is 4.57 Å². The maximum absolute atomic E-state index is 14.1. The average molecular weight is 532 g/mol. The zero-order valence-electron chi connectivity index (χ0n) is 21.9. The van der Waals surface area contributed by atoms with Crippen LogP contribution in [-0.2, 0) is 4.74 Å². The summed E-state index contributed by atoms with van der Waals surface area (Å²) in [7, 11) is 0. The number of rotatable bonds is 9. The van der Waals surface area contributed by atoms with Crippen molar-refractivity contribution in [1.29, 1.82) is 0 Å². The van der Waals surface area contributed by atoms with Crippen LogP contribution in [0.5, 0.6) is 0 Å². The quantitative estimate of drug-likeness (QED) is 0.407. The van der Waals surface area contributed by atoms with Crippen molar-refractivity contribution < 1.29 is 17.9 Å². The Morgan fingerprint density at radius 3 is 2.39 bits per heavy atom. The number of alkyl halides is 3. The molecule has 5 rings (SSSR count). The van der Waals surface area contributed by atoms with E-state index in [1.54, 1.807) is 37.3 Å². The molecule has 2 atom stereocenters. The van der Waals surface area contributed by atoms with Gasteiger partial charge in [-0.3, -0.25) is 4.57 Å². The van der Waals surface area contributed by atoms with Crippen molar-refractivity contribution in [3.8, 4) is 5.82 Å². The molecular formula is C27H36F3N7O. The van der Waals surface area contributed by atoms with Gasteiger partial charge in [-0.15, -0.1) is 0 Å². The number of morpholine rings is 1. The van der Waals surface area contributed by atoms with E-state index in [1.807, 2.05) is 6.92 Å². The van der Waals surface area contributed by atoms with Crippen molar-refractivity contribution >= 4 is 22.8 Å². The molecule has 8 nitrogen and oxygen atoms in total. The molecule has 1 aromatic carbocycles. The molecule has 206 valence electrons. The number of anilines is 2. The smallest absolute Gasteiger partial charge is 0.296 e. The minimum atomic E-state index is -2.76. The minimum Gasteiger partial charge on any atom is -0.378 e. The van der Waals surface area contributed by atoms with Gasteiger partial charge in [0, 0.05) is 37.8 Å². The number of hydrogen-bond donors (Lipinski definition) is 2. The Balaban J connectivity index is 1.37. The molecule has 0 radical (unpaired) electrons. The zero-order chi connectivity index (χ0) is 26.6. The van der Waals surface area contributed by atoms with Crippen molar-refractivity contribution in [2.45, 2.75) is 64.2 Å². The van der Waals surface area contributed by atoms with E-state index in [0.717, 1.165) is 25.7 Å². The van der Waals surface area contributed by atoms with Gasteiger partial charge in [-0.2, -0.15) is 9.97 Å². The Kier molecular flexibility index (Phi) is 8.32. The number of benzene rings is 1. The van der Waals surface area contributed by atoms with Gasteiger partial charge in [-0.05, 0) is 57.6 Å². The van der Waals surface area contributed by atoms with Crippen LogP contribution in [0.25, 0.3) is 16.9 Å². The van der Waals surface area contributed by atoms with Crippen molar-refractivity contribution in [3.05, 3.63) is 36.2 Å². The van der Waals surface area contributed by atoms with Crippen LogP contribution in [0.4, 0.5) is 24.9 Å². The zero-order valence-corrected chi connectivity index (χ0v) is 21.9. The number of halogens is 3. The molecule has 0 bridgehead atoms. The number of fused-ring (bicyclic) bond motifs is 1. The molecule has 3 aromatic rings. The average Bonchev–Trinajstić information content (AvgIpc) is 3.33. The summed E-state index contributed by atoms with van der Waals surface area (Å²) in [4.78, 5) is 15.7. The number of imidazole rings is 1. The Bertz CT molecular complexity index is 1210. The molecule has 3 heterocycles. The molecule has 2 N–H and O–H groups in total. The van der Waals surface area contributed by atoms with Crippen LogP contribution in [0.15, 0.2) is 30.3 Å². The minimum absolute atomic E-state index is 0.151. The fraction of sp³-hybridized carbons (Fsp3) is 0.593. The van der Waals surface area contributed by atoms with E-state index in [9.17, 15) is 13.2 Å². The molecule has 2 unspecified atom stereocenters. The van der Waals surface area contributed by atoms with Crippen molar-refractivity contribution in [2.24, 2.45) is 5.92 Å². The molecule has 1 saturated heterocycles. The second-order valence-corrected chi connectivity index (χ2v) is 10.3. The van der Waals surface area contributed by atoms with Crippen LogP contribution in [-0.4, -0.2) is 70.6 Å². The third kappa shape index (κ3) is 6.04. The fourth-order valence-corrected chi connectivity index (χ4v) is 5.28. The van der Waals surface area contributed by atoms with E-state index in [2.05, 4.69) is 25.5 Å². The highest BCUT2D eigenvalue weighted by Gasteiger charge is 2.25. The van der Waals surface area contributed by atoms with Gasteiger partial charge in [0.15, 0.2) is 5.82 Å². The van der Waals surface area contributed by atoms with Crippen molar-refractivity contribution in [2.75, 3.05) is 43.1 Å². The number of nitrogens with zero attached hydrogens (tertiary/aromatic N) is 5. The number of aromatic nitrogens is 4. The highest BCUT2D eigenvalue weighted by atomic mass is 19.3. The lowest BCUT2D eigenvalue weighted by atomic mass is 9.85. The number of nitrogens with one attached hydrogen (secondary N) is 2. The summed E-state index contributed by atoms with van der Waals surface area (Å²) in [6.45, 7) is 6.64. The van der Waals surface area contributed by atoms with Gasteiger partial charge in [-0.1, -0.05) is 12.1 Å². The van der Waals surface area contributed by atoms with E-state index in [0.29, 0.717) is 73.4 Å². The summed E-state index contributed by atoms with van der Waals surface area (Å²) in [5.74, 6) is 1.51. The van der Waals surface area contributed by atoms with Crippen LogP contribution >= 0.6 is 0 Å². The summed E-state index contributed by atoms with van der Waals surface area (Å²) in [5, 5.41) is 6.79. The molecule has 0 amide bonds. The molecule has 0 spiro atoms. The molecule has 1 saturated carbocycles. The fourth-order valence-electron chi connectivity index (χ4n) is 5.28. The van der Waals surface area contributed by atoms with Crippen LogP contribution in [0, 0.1) is 5.92 Å². The molecule has 2 aliphatic rings. The van der Waals surface area contributed by atoms with Gasteiger partial charge < -0.3 is 20.3 Å². The first-order chi connectivity index (χ1) is 18.4. The Morgan fingerprint density at radius 2 is 1.68 bits per heavy atom. The Morgan fingerprint density at radius 1 is 0.974 bits per heavy atom. The first kappa shape index (κ1) is 26.7. The highest BCUT2D eigenvalue weighted by molar-refractivity contribution is 5.78. The predicted octanol–water partition coefficient (Wildman–Crippen LogP) is 4.90. The SMILES string of the molecule is CC(F)C(C)N[C@H]1CC[C@H](CNc2nc(N3CCOCC3)cc(-n3c(C(F)F)nc4ccccc43)n2)CC1. The van der Waals surface area contributed by atoms with Crippen LogP contribution < -0.4 is 15.5 Å². The van der Waals surface area contributed by atoms with E-state index < -0.39 is 12.6 Å². The normalized spacial score (nSPS) is 22.1. The van der Waals surface area contributed by atoms with E-state index in [-0.39, 0.29) is 11.9 Å². The first-order valence-corrected chi connectivity index (χ1v) is 13.5. The van der Waals surface area contributed by atoms with Crippen LogP contribution in [0.2, 0.25) is 0 Å². The topological polar surface area (TPSA) is 80.1 Å². The maximum Gasteiger partial charge on any atom is 0.296 e. The lowest BCUT2D eigenvalue weighted by molar-refractivity contribution is 0.122. The van der Waals surface area contributed by atoms with Crippen LogP contribution in [0.3, 0.4) is 0 Å². The van der Waals surface area contributed by atoms with Gasteiger partial charge in [0.05, 0.1) is 24.2 Å². The molecule has 1 aliphatic carbocycles. The van der Waals surface area contributed by atoms with E-state index >= 15 is 0 Å². The highest BCUT2D eigenvalue weighted by Crippen LogP contribution is 2.30. The monoisotopic (exact) mass is 531 g/mol. The van der Waals surface area contributed by atoms with Crippen molar-refractivity contribution in [3.63, 3.8) is 0 Å². The summed E-state index contributed by atoms with van der Waals surface area (Å²) < 4.78 is 48.6. The first-order valence-electron chi connectivity index (χ1n) is 13.5. The standard InChI is InChI=1S/C27H36F3N7O/c1-17(28)18(2)32-20-9-7-19(8-10-20)16-31-27-34-23(36-11-13-38-14-12-36)15-24(35-27)37-22-6-4-3-5-21(22)33-26(37)25(29)30/h3-6,15,17-20,25,32H,7-14,16H2,1-2H3,(H,31,34,35)/t17?,18?,19-,20-. The number of ether oxygens (including phenoxy) is 1. The molecular weight excluding hydrogens is 495 g/mol. The summed E-state index contributed by atoms with van der Waals surface area (Å²) in [5.41, 5.74) is 1.06. The number of para-hydroxylation sites is 2. The van der Waals surface area contributed by atoms with Crippen molar-refractivity contribution in [1.82, 2.24) is 24.8 Å². The molecule has 2 aromatic heterocycles. The number of hydrogen-bond acceptors (Lipinski definition) is 7.